The molecule has 0 saturated carbocycles. The lowest BCUT2D eigenvalue weighted by Crippen LogP contribution is -2.28. The summed E-state index contributed by atoms with van der Waals surface area (Å²) in [7, 11) is 0. The summed E-state index contributed by atoms with van der Waals surface area (Å²) in [5.41, 5.74) is 0. The fourth-order valence-electron chi connectivity index (χ4n) is 10.6. The molecule has 0 aromatic rings. The Hall–Kier alpha value is -2.40. The molecule has 0 saturated heterocycles. The quantitative estimate of drug-likeness (QED) is 0.0373. The average molecular weight is 1090 g/mol. The van der Waals surface area contributed by atoms with E-state index in [1.165, 1.54) is 283 Å². The van der Waals surface area contributed by atoms with Crippen molar-refractivity contribution in [1.82, 2.24) is 0 Å². The van der Waals surface area contributed by atoms with Crippen molar-refractivity contribution in [1.29, 1.82) is 0 Å². The largest absolute Gasteiger partial charge is 0.462 e. The minimum atomic E-state index is -0.774. The summed E-state index contributed by atoms with van der Waals surface area (Å²) in [6.45, 7) is 4.07. The molecule has 0 aromatic heterocycles. The summed E-state index contributed by atoms with van der Waals surface area (Å²) < 4.78 is 10.8. The van der Waals surface area contributed by atoms with E-state index < -0.39 is 6.10 Å². The molecular weight excluding hydrogens is 957 g/mol. The Morgan fingerprint density at radius 1 is 0.308 bits per heavy atom. The molecule has 0 fully saturated rings. The number of hydrogen-bond donors (Lipinski definition) is 1. The van der Waals surface area contributed by atoms with E-state index in [4.69, 9.17) is 9.47 Å². The predicted molar refractivity (Wildman–Crippen MR) is 344 cm³/mol. The van der Waals surface area contributed by atoms with Gasteiger partial charge in [0, 0.05) is 12.8 Å². The third-order valence-corrected chi connectivity index (χ3v) is 15.8. The SMILES string of the molecule is CC/C=C\C/C=C\C/C=C\C/C=C\CCCCCCCCCCCCCCC(=O)OC(CO)COC(=O)CCCCCCCCCCCCCCCCCCCCCCCCCCCCC/C=C\CCCCCCCCCC. The van der Waals surface area contributed by atoms with E-state index in [1.807, 2.05) is 0 Å². The molecule has 0 rings (SSSR count). The van der Waals surface area contributed by atoms with Crippen LogP contribution in [0.1, 0.15) is 373 Å². The molecule has 78 heavy (non-hydrogen) atoms. The Kier molecular flexibility index (Phi) is 66.8. The molecule has 0 aliphatic rings. The van der Waals surface area contributed by atoms with Crippen LogP contribution in [0, 0.1) is 0 Å². The van der Waals surface area contributed by atoms with Crippen LogP contribution in [0.25, 0.3) is 0 Å². The molecule has 0 aromatic carbocycles. The van der Waals surface area contributed by atoms with Gasteiger partial charge >= 0.3 is 11.9 Å². The molecule has 5 nitrogen and oxygen atoms in total. The van der Waals surface area contributed by atoms with Crippen molar-refractivity contribution in [2.24, 2.45) is 0 Å². The van der Waals surface area contributed by atoms with E-state index >= 15 is 0 Å². The van der Waals surface area contributed by atoms with Crippen molar-refractivity contribution in [2.45, 2.75) is 380 Å². The lowest BCUT2D eigenvalue weighted by atomic mass is 10.0. The number of aliphatic hydroxyl groups excluding tert-OH is 1. The number of rotatable bonds is 65. The number of unbranched alkanes of at least 4 members (excludes halogenated alkanes) is 47. The number of carbonyl (C=O) groups is 2. The lowest BCUT2D eigenvalue weighted by molar-refractivity contribution is -0.161. The maximum Gasteiger partial charge on any atom is 0.306 e. The highest BCUT2D eigenvalue weighted by atomic mass is 16.6. The monoisotopic (exact) mass is 1090 g/mol. The molecule has 5 heteroatoms. The van der Waals surface area contributed by atoms with Crippen LogP contribution in [0.2, 0.25) is 0 Å². The average Bonchev–Trinajstić information content (AvgIpc) is 3.44. The first kappa shape index (κ1) is 75.6. The minimum Gasteiger partial charge on any atom is -0.462 e. The maximum absolute atomic E-state index is 12.3. The summed E-state index contributed by atoms with van der Waals surface area (Å²) in [6.07, 6.45) is 94.1. The van der Waals surface area contributed by atoms with Gasteiger partial charge in [0.25, 0.3) is 0 Å². The second-order valence-corrected chi connectivity index (χ2v) is 23.6. The minimum absolute atomic E-state index is 0.0635. The number of allylic oxidation sites excluding steroid dienone is 10. The highest BCUT2D eigenvalue weighted by Gasteiger charge is 2.16. The second kappa shape index (κ2) is 68.9. The third-order valence-electron chi connectivity index (χ3n) is 15.8. The molecule has 1 N–H and O–H groups in total. The van der Waals surface area contributed by atoms with Gasteiger partial charge in [0.2, 0.25) is 0 Å². The summed E-state index contributed by atoms with van der Waals surface area (Å²) >= 11 is 0. The van der Waals surface area contributed by atoms with E-state index in [2.05, 4.69) is 74.6 Å². The first-order valence-corrected chi connectivity index (χ1v) is 34.8. The first-order valence-electron chi connectivity index (χ1n) is 34.8. The zero-order valence-electron chi connectivity index (χ0n) is 52.4. The van der Waals surface area contributed by atoms with Crippen LogP contribution in [-0.4, -0.2) is 36.4 Å². The maximum atomic E-state index is 12.3. The van der Waals surface area contributed by atoms with Crippen LogP contribution in [0.3, 0.4) is 0 Å². The van der Waals surface area contributed by atoms with Crippen LogP contribution in [-0.2, 0) is 19.1 Å². The van der Waals surface area contributed by atoms with Crippen LogP contribution in [0.15, 0.2) is 60.8 Å². The Bertz CT molecular complexity index is 1330. The van der Waals surface area contributed by atoms with Gasteiger partial charge in [-0.25, -0.2) is 0 Å². The number of aliphatic hydroxyl groups is 1. The summed E-state index contributed by atoms with van der Waals surface area (Å²) in [5.74, 6) is -0.576. The van der Waals surface area contributed by atoms with Crippen LogP contribution in [0.4, 0.5) is 0 Å². The van der Waals surface area contributed by atoms with Gasteiger partial charge in [-0.2, -0.15) is 0 Å². The molecule has 1 unspecified atom stereocenters. The van der Waals surface area contributed by atoms with Crippen molar-refractivity contribution >= 4 is 11.9 Å². The molecule has 0 aliphatic carbocycles. The third kappa shape index (κ3) is 66.1. The number of esters is 2. The molecule has 0 aliphatic heterocycles. The number of hydrogen-bond acceptors (Lipinski definition) is 5. The van der Waals surface area contributed by atoms with Crippen molar-refractivity contribution in [3.05, 3.63) is 60.8 Å². The van der Waals surface area contributed by atoms with Gasteiger partial charge < -0.3 is 14.6 Å². The Balaban J connectivity index is 3.38. The van der Waals surface area contributed by atoms with E-state index in [-0.39, 0.29) is 25.2 Å². The normalized spacial score (nSPS) is 12.5. The summed E-state index contributed by atoms with van der Waals surface area (Å²) in [5, 5.41) is 9.69. The van der Waals surface area contributed by atoms with E-state index in [0.717, 1.165) is 64.2 Å². The van der Waals surface area contributed by atoms with Gasteiger partial charge in [0.15, 0.2) is 6.10 Å². The van der Waals surface area contributed by atoms with Crippen molar-refractivity contribution in [3.63, 3.8) is 0 Å². The van der Waals surface area contributed by atoms with Crippen molar-refractivity contribution < 1.29 is 24.2 Å². The predicted octanol–water partition coefficient (Wildman–Crippen LogP) is 24.1. The number of carbonyl (C=O) groups excluding carboxylic acids is 2. The van der Waals surface area contributed by atoms with E-state index in [1.54, 1.807) is 0 Å². The smallest absolute Gasteiger partial charge is 0.306 e. The van der Waals surface area contributed by atoms with Crippen molar-refractivity contribution in [2.75, 3.05) is 13.2 Å². The molecule has 1 atom stereocenters. The molecule has 0 heterocycles. The molecule has 0 bridgehead atoms. The van der Waals surface area contributed by atoms with Crippen LogP contribution in [0.5, 0.6) is 0 Å². The van der Waals surface area contributed by atoms with Crippen molar-refractivity contribution in [3.8, 4) is 0 Å². The van der Waals surface area contributed by atoms with Gasteiger partial charge in [-0.05, 0) is 77.0 Å². The zero-order chi connectivity index (χ0) is 56.2. The molecule has 0 amide bonds. The zero-order valence-corrected chi connectivity index (χ0v) is 52.4. The molecular formula is C73H134O5. The summed E-state index contributed by atoms with van der Waals surface area (Å²) in [6, 6.07) is 0. The fraction of sp³-hybridized carbons (Fsp3) is 0.836. The second-order valence-electron chi connectivity index (χ2n) is 23.6. The van der Waals surface area contributed by atoms with E-state index in [9.17, 15) is 14.7 Å². The molecule has 0 spiro atoms. The van der Waals surface area contributed by atoms with Crippen LogP contribution < -0.4 is 0 Å². The highest BCUT2D eigenvalue weighted by molar-refractivity contribution is 5.70. The van der Waals surface area contributed by atoms with Gasteiger partial charge in [0.05, 0.1) is 6.61 Å². The Labute approximate surface area is 487 Å². The van der Waals surface area contributed by atoms with Gasteiger partial charge in [-0.15, -0.1) is 0 Å². The van der Waals surface area contributed by atoms with Crippen LogP contribution >= 0.6 is 0 Å². The standard InChI is InChI=1S/C73H134O5/c1-3-5-7-9-11-13-15-17-19-21-23-25-27-29-30-31-32-33-34-35-36-37-38-39-40-41-42-44-45-47-49-51-53-55-57-59-61-63-65-67-72(75)77-70-71(69-74)78-73(76)68-66-64-62-60-58-56-54-52-50-48-46-43-28-26-24-22-20-18-16-14-12-10-8-6-4-2/h6,8,12,14,18,20-21,23-24,26,71,74H,3-5,7,9-11,13,15-17,19,22,25,27-70H2,1-2H3/b8-6-,14-12-,20-18-,23-21-,26-24-. The van der Waals surface area contributed by atoms with E-state index in [0.29, 0.717) is 12.8 Å². The summed E-state index contributed by atoms with van der Waals surface area (Å²) in [4.78, 5) is 24.6. The Morgan fingerprint density at radius 3 is 0.846 bits per heavy atom. The highest BCUT2D eigenvalue weighted by Crippen LogP contribution is 2.19. The fourth-order valence-corrected chi connectivity index (χ4v) is 10.6. The molecule has 456 valence electrons. The molecule has 0 radical (unpaired) electrons. The Morgan fingerprint density at radius 2 is 0.551 bits per heavy atom. The van der Waals surface area contributed by atoms with Gasteiger partial charge in [-0.1, -0.05) is 344 Å². The van der Waals surface area contributed by atoms with Gasteiger partial charge in [0.1, 0.15) is 6.61 Å². The topological polar surface area (TPSA) is 72.8 Å². The number of ether oxygens (including phenoxy) is 2. The first-order chi connectivity index (χ1) is 38.6. The van der Waals surface area contributed by atoms with Gasteiger partial charge in [-0.3, -0.25) is 9.59 Å². The lowest BCUT2D eigenvalue weighted by Gasteiger charge is -2.15.